The fraction of sp³-hybridized carbons (Fsp3) is 0.929. The number of ether oxygens (including phenoxy) is 1. The van der Waals surface area contributed by atoms with Gasteiger partial charge < -0.3 is 18.0 Å². The molecule has 1 fully saturated rings. The maximum absolute atomic E-state index is 12.2. The number of hydrogen-bond acceptors (Lipinski definition) is 5. The lowest BCUT2D eigenvalue weighted by Gasteiger charge is -2.32. The molecule has 0 unspecified atom stereocenters. The standard InChI is InChI=1S/C14H32O5Si3/c1-20(2,3)16-10-11-12(18-21(4,5)6)13(14(15)17-11)19-22(7,8)9/h11-13H,10H2,1-9H3/t11-,12+,13+/m0/s1. The van der Waals surface area contributed by atoms with Gasteiger partial charge in [-0.05, 0) is 58.9 Å². The summed E-state index contributed by atoms with van der Waals surface area (Å²) in [7, 11) is -5.37. The SMILES string of the molecule is C[Si](C)(C)OC[C@@H]1OC(=O)[C@H](O[Si](C)(C)C)[C@@H]1O[Si](C)(C)C. The molecule has 130 valence electrons. The Kier molecular flexibility index (Phi) is 6.25. The largest absolute Gasteiger partial charge is 0.455 e. The Morgan fingerprint density at radius 1 is 0.864 bits per heavy atom. The van der Waals surface area contributed by atoms with Gasteiger partial charge >= 0.3 is 5.97 Å². The lowest BCUT2D eigenvalue weighted by Crippen LogP contribution is -2.48. The molecular formula is C14H32O5Si3. The fourth-order valence-electron chi connectivity index (χ4n) is 2.12. The molecule has 1 rings (SSSR count). The second kappa shape index (κ2) is 6.86. The first-order valence-electron chi connectivity index (χ1n) is 7.88. The highest BCUT2D eigenvalue weighted by atomic mass is 28.4. The summed E-state index contributed by atoms with van der Waals surface area (Å²) in [5, 5.41) is 0. The average molecular weight is 365 g/mol. The summed E-state index contributed by atoms with van der Waals surface area (Å²) in [5.74, 6) is -0.310. The summed E-state index contributed by atoms with van der Waals surface area (Å²) < 4.78 is 23.7. The monoisotopic (exact) mass is 364 g/mol. The lowest BCUT2D eigenvalue weighted by molar-refractivity contribution is -0.147. The number of carbonyl (C=O) groups excluding carboxylic acids is 1. The molecule has 1 aliphatic rings. The summed E-state index contributed by atoms with van der Waals surface area (Å²) in [6.45, 7) is 19.3. The van der Waals surface area contributed by atoms with Crippen LogP contribution in [0, 0.1) is 0 Å². The molecule has 3 atom stereocenters. The molecule has 0 aromatic heterocycles. The van der Waals surface area contributed by atoms with Crippen LogP contribution >= 0.6 is 0 Å². The van der Waals surface area contributed by atoms with Gasteiger partial charge in [0.1, 0.15) is 6.10 Å². The van der Waals surface area contributed by atoms with Gasteiger partial charge in [0.2, 0.25) is 0 Å². The predicted molar refractivity (Wildman–Crippen MR) is 95.6 cm³/mol. The predicted octanol–water partition coefficient (Wildman–Crippen LogP) is 3.20. The minimum absolute atomic E-state index is 0.310. The van der Waals surface area contributed by atoms with E-state index in [1.165, 1.54) is 0 Å². The van der Waals surface area contributed by atoms with Crippen molar-refractivity contribution < 1.29 is 22.8 Å². The minimum atomic E-state index is -1.87. The van der Waals surface area contributed by atoms with Crippen LogP contribution in [-0.4, -0.2) is 55.8 Å². The van der Waals surface area contributed by atoms with E-state index in [1.807, 2.05) is 0 Å². The second-order valence-corrected chi connectivity index (χ2v) is 22.2. The number of carbonyl (C=O) groups is 1. The van der Waals surface area contributed by atoms with Gasteiger partial charge in [-0.2, -0.15) is 0 Å². The van der Waals surface area contributed by atoms with Crippen molar-refractivity contribution in [1.82, 2.24) is 0 Å². The molecule has 0 amide bonds. The van der Waals surface area contributed by atoms with Crippen LogP contribution in [0.4, 0.5) is 0 Å². The van der Waals surface area contributed by atoms with E-state index >= 15 is 0 Å². The summed E-state index contributed by atoms with van der Waals surface area (Å²) in [6.07, 6.45) is -1.34. The van der Waals surface area contributed by atoms with Crippen LogP contribution < -0.4 is 0 Å². The highest BCUT2D eigenvalue weighted by molar-refractivity contribution is 6.70. The molecule has 5 nitrogen and oxygen atoms in total. The van der Waals surface area contributed by atoms with Gasteiger partial charge in [0.05, 0.1) is 6.61 Å². The summed E-state index contributed by atoms with van der Waals surface area (Å²) in [5.41, 5.74) is 0. The Bertz CT molecular complexity index is 395. The number of hydrogen-bond donors (Lipinski definition) is 0. The van der Waals surface area contributed by atoms with Crippen molar-refractivity contribution in [3.05, 3.63) is 0 Å². The number of rotatable bonds is 7. The Labute approximate surface area is 138 Å². The van der Waals surface area contributed by atoms with Gasteiger partial charge in [0.15, 0.2) is 37.2 Å². The molecular weight excluding hydrogens is 332 g/mol. The van der Waals surface area contributed by atoms with Gasteiger partial charge in [-0.25, -0.2) is 4.79 Å². The fourth-order valence-corrected chi connectivity index (χ4v) is 4.86. The molecule has 0 aromatic rings. The van der Waals surface area contributed by atoms with Crippen LogP contribution in [0.1, 0.15) is 0 Å². The van der Waals surface area contributed by atoms with Crippen LogP contribution in [0.3, 0.4) is 0 Å². The molecule has 1 heterocycles. The van der Waals surface area contributed by atoms with E-state index in [0.29, 0.717) is 6.61 Å². The van der Waals surface area contributed by atoms with Crippen LogP contribution in [-0.2, 0) is 22.8 Å². The molecule has 22 heavy (non-hydrogen) atoms. The zero-order valence-electron chi connectivity index (χ0n) is 15.5. The van der Waals surface area contributed by atoms with Crippen molar-refractivity contribution in [3.8, 4) is 0 Å². The minimum Gasteiger partial charge on any atom is -0.455 e. The topological polar surface area (TPSA) is 54.0 Å². The van der Waals surface area contributed by atoms with Crippen molar-refractivity contribution in [2.75, 3.05) is 6.61 Å². The molecule has 0 saturated carbocycles. The van der Waals surface area contributed by atoms with E-state index in [0.717, 1.165) is 0 Å². The van der Waals surface area contributed by atoms with E-state index in [4.69, 9.17) is 18.0 Å². The van der Waals surface area contributed by atoms with Gasteiger partial charge in [-0.1, -0.05) is 0 Å². The van der Waals surface area contributed by atoms with E-state index in [2.05, 4.69) is 58.9 Å². The molecule has 1 aliphatic heterocycles. The van der Waals surface area contributed by atoms with Gasteiger partial charge in [-0.15, -0.1) is 0 Å². The molecule has 8 heteroatoms. The lowest BCUT2D eigenvalue weighted by atomic mass is 10.1. The number of cyclic esters (lactones) is 1. The molecule has 1 saturated heterocycles. The van der Waals surface area contributed by atoms with Crippen LogP contribution in [0.15, 0.2) is 0 Å². The Morgan fingerprint density at radius 2 is 1.36 bits per heavy atom. The molecule has 0 aliphatic carbocycles. The highest BCUT2D eigenvalue weighted by Gasteiger charge is 2.49. The number of esters is 1. The van der Waals surface area contributed by atoms with Crippen LogP contribution in [0.2, 0.25) is 58.9 Å². The molecule has 0 N–H and O–H groups in total. The molecule has 0 aromatic carbocycles. The quantitative estimate of drug-likeness (QED) is 0.513. The zero-order valence-corrected chi connectivity index (χ0v) is 18.5. The Hall–Kier alpha value is 0.000649. The van der Waals surface area contributed by atoms with Crippen molar-refractivity contribution in [2.45, 2.75) is 77.2 Å². The summed E-state index contributed by atoms with van der Waals surface area (Å²) >= 11 is 0. The highest BCUT2D eigenvalue weighted by Crippen LogP contribution is 2.28. The third-order valence-electron chi connectivity index (χ3n) is 2.82. The van der Waals surface area contributed by atoms with Crippen LogP contribution in [0.5, 0.6) is 0 Å². The van der Waals surface area contributed by atoms with Crippen molar-refractivity contribution in [2.24, 2.45) is 0 Å². The van der Waals surface area contributed by atoms with Crippen LogP contribution in [0.25, 0.3) is 0 Å². The third-order valence-corrected chi connectivity index (χ3v) is 5.79. The average Bonchev–Trinajstić information content (AvgIpc) is 2.49. The van der Waals surface area contributed by atoms with Gasteiger partial charge in [0.25, 0.3) is 0 Å². The van der Waals surface area contributed by atoms with Crippen molar-refractivity contribution >= 4 is 30.9 Å². The van der Waals surface area contributed by atoms with E-state index in [1.54, 1.807) is 0 Å². The van der Waals surface area contributed by atoms with E-state index in [9.17, 15) is 4.79 Å². The first-order valence-corrected chi connectivity index (χ1v) is 18.1. The maximum Gasteiger partial charge on any atom is 0.337 e. The molecule has 0 spiro atoms. The summed E-state index contributed by atoms with van der Waals surface area (Å²) in [4.78, 5) is 12.2. The van der Waals surface area contributed by atoms with Gasteiger partial charge in [0, 0.05) is 0 Å². The van der Waals surface area contributed by atoms with Crippen molar-refractivity contribution in [3.63, 3.8) is 0 Å². The zero-order chi connectivity index (χ0) is 17.3. The van der Waals surface area contributed by atoms with Crippen molar-refractivity contribution in [1.29, 1.82) is 0 Å². The smallest absolute Gasteiger partial charge is 0.337 e. The molecule has 0 radical (unpaired) electrons. The Morgan fingerprint density at radius 3 is 1.77 bits per heavy atom. The van der Waals surface area contributed by atoms with Gasteiger partial charge in [-0.3, -0.25) is 0 Å². The third kappa shape index (κ3) is 7.05. The molecule has 0 bridgehead atoms. The first-order chi connectivity index (χ1) is 9.68. The van der Waals surface area contributed by atoms with E-state index in [-0.39, 0.29) is 18.2 Å². The second-order valence-electron chi connectivity index (χ2n) is 8.74. The van der Waals surface area contributed by atoms with E-state index < -0.39 is 31.1 Å². The normalized spacial score (nSPS) is 27.1. The summed E-state index contributed by atoms with van der Waals surface area (Å²) in [6, 6.07) is 0. The Balaban J connectivity index is 2.89. The maximum atomic E-state index is 12.2. The first kappa shape index (κ1) is 20.0.